The SMILES string of the molecule is CC(C)CCC(C)N(C(=O)CNC(=O)OC(C)(C)C)C(C(=O)Nc1ccc2ccccc2c1)c1ccc(O)cc1. The summed E-state index contributed by atoms with van der Waals surface area (Å²) in [4.78, 5) is 41.6. The molecule has 3 aromatic carbocycles. The molecule has 2 unspecified atom stereocenters. The number of phenols is 1. The number of hydrogen-bond acceptors (Lipinski definition) is 5. The lowest BCUT2D eigenvalue weighted by Gasteiger charge is -2.36. The molecule has 0 spiro atoms. The van der Waals surface area contributed by atoms with Gasteiger partial charge in [-0.05, 0) is 87.1 Å². The molecule has 8 nitrogen and oxygen atoms in total. The molecule has 0 aromatic heterocycles. The molecule has 0 heterocycles. The van der Waals surface area contributed by atoms with Crippen LogP contribution in [0.4, 0.5) is 10.5 Å². The van der Waals surface area contributed by atoms with E-state index in [9.17, 15) is 19.5 Å². The number of aromatic hydroxyl groups is 1. The van der Waals surface area contributed by atoms with Crippen LogP contribution in [0.15, 0.2) is 66.7 Å². The number of nitrogens with zero attached hydrogens (tertiary/aromatic N) is 1. The highest BCUT2D eigenvalue weighted by molar-refractivity contribution is 6.00. The minimum Gasteiger partial charge on any atom is -0.508 e. The Morgan fingerprint density at radius 1 is 0.900 bits per heavy atom. The number of phenolic OH excluding ortho intramolecular Hbond substituents is 1. The van der Waals surface area contributed by atoms with Gasteiger partial charge in [-0.1, -0.05) is 56.3 Å². The zero-order valence-corrected chi connectivity index (χ0v) is 24.2. The van der Waals surface area contributed by atoms with E-state index < -0.39 is 29.6 Å². The number of amides is 3. The number of anilines is 1. The van der Waals surface area contributed by atoms with E-state index >= 15 is 0 Å². The van der Waals surface area contributed by atoms with Crippen LogP contribution < -0.4 is 10.6 Å². The first-order valence-corrected chi connectivity index (χ1v) is 13.7. The number of hydrogen-bond donors (Lipinski definition) is 3. The molecule has 0 saturated carbocycles. The van der Waals surface area contributed by atoms with Gasteiger partial charge in [0.2, 0.25) is 5.91 Å². The summed E-state index contributed by atoms with van der Waals surface area (Å²) in [5.41, 5.74) is 0.422. The van der Waals surface area contributed by atoms with Crippen molar-refractivity contribution >= 4 is 34.4 Å². The second-order valence-corrected chi connectivity index (χ2v) is 11.5. The maximum atomic E-state index is 14.0. The largest absolute Gasteiger partial charge is 0.508 e. The topological polar surface area (TPSA) is 108 Å². The van der Waals surface area contributed by atoms with Gasteiger partial charge in [0.05, 0.1) is 0 Å². The Labute approximate surface area is 236 Å². The van der Waals surface area contributed by atoms with Crippen LogP contribution in [0.5, 0.6) is 5.75 Å². The average Bonchev–Trinajstić information content (AvgIpc) is 2.88. The molecule has 3 N–H and O–H groups in total. The van der Waals surface area contributed by atoms with Crippen molar-refractivity contribution in [1.82, 2.24) is 10.2 Å². The Balaban J connectivity index is 1.96. The summed E-state index contributed by atoms with van der Waals surface area (Å²) in [6.45, 7) is 11.0. The molecule has 0 saturated heterocycles. The summed E-state index contributed by atoms with van der Waals surface area (Å²) in [5.74, 6) is -0.371. The summed E-state index contributed by atoms with van der Waals surface area (Å²) in [6.07, 6.45) is 0.796. The van der Waals surface area contributed by atoms with Gasteiger partial charge in [-0.2, -0.15) is 0 Å². The molecule has 0 bridgehead atoms. The Kier molecular flexibility index (Phi) is 10.2. The van der Waals surface area contributed by atoms with Crippen molar-refractivity contribution in [3.8, 4) is 5.75 Å². The average molecular weight is 548 g/mol. The van der Waals surface area contributed by atoms with E-state index in [1.165, 1.54) is 17.0 Å². The van der Waals surface area contributed by atoms with Crippen molar-refractivity contribution in [3.63, 3.8) is 0 Å². The van der Waals surface area contributed by atoms with E-state index in [-0.39, 0.29) is 18.3 Å². The Morgan fingerprint density at radius 2 is 1.55 bits per heavy atom. The van der Waals surface area contributed by atoms with Crippen molar-refractivity contribution in [1.29, 1.82) is 0 Å². The van der Waals surface area contributed by atoms with Gasteiger partial charge in [0.15, 0.2) is 0 Å². The molecule has 0 aliphatic rings. The lowest BCUT2D eigenvalue weighted by atomic mass is 9.98. The van der Waals surface area contributed by atoms with E-state index in [1.807, 2.05) is 49.4 Å². The predicted octanol–water partition coefficient (Wildman–Crippen LogP) is 6.40. The Hall–Kier alpha value is -4.07. The Bertz CT molecular complexity index is 1310. The normalized spacial score (nSPS) is 13.0. The third-order valence-corrected chi connectivity index (χ3v) is 6.46. The predicted molar refractivity (Wildman–Crippen MR) is 158 cm³/mol. The number of carbonyl (C=O) groups excluding carboxylic acids is 3. The van der Waals surface area contributed by atoms with Gasteiger partial charge in [-0.15, -0.1) is 0 Å². The van der Waals surface area contributed by atoms with E-state index in [2.05, 4.69) is 24.5 Å². The van der Waals surface area contributed by atoms with Crippen molar-refractivity contribution < 1.29 is 24.2 Å². The smallest absolute Gasteiger partial charge is 0.408 e. The summed E-state index contributed by atoms with van der Waals surface area (Å²) in [7, 11) is 0. The zero-order valence-electron chi connectivity index (χ0n) is 24.2. The van der Waals surface area contributed by atoms with E-state index in [0.29, 0.717) is 23.6 Å². The number of carbonyl (C=O) groups is 3. The van der Waals surface area contributed by atoms with E-state index in [0.717, 1.165) is 17.2 Å². The monoisotopic (exact) mass is 547 g/mol. The van der Waals surface area contributed by atoms with Gasteiger partial charge in [0, 0.05) is 11.7 Å². The standard InChI is InChI=1S/C32H41N3O5/c1-21(2)11-12-22(3)35(28(37)20-33-31(39)40-32(4,5)6)29(24-14-17-27(36)18-15-24)30(38)34-26-16-13-23-9-7-8-10-25(23)19-26/h7-10,13-19,21-22,29,36H,11-12,20H2,1-6H3,(H,33,39)(H,34,38). The molecule has 214 valence electrons. The first-order valence-electron chi connectivity index (χ1n) is 13.7. The minimum absolute atomic E-state index is 0.0507. The molecule has 0 aliphatic carbocycles. The van der Waals surface area contributed by atoms with Crippen LogP contribution in [0.1, 0.15) is 66.0 Å². The van der Waals surface area contributed by atoms with Crippen LogP contribution in [-0.2, 0) is 14.3 Å². The molecule has 2 atom stereocenters. The molecule has 3 amide bonds. The fourth-order valence-electron chi connectivity index (χ4n) is 4.48. The van der Waals surface area contributed by atoms with Gasteiger partial charge in [-0.3, -0.25) is 9.59 Å². The maximum absolute atomic E-state index is 14.0. The number of alkyl carbamates (subject to hydrolysis) is 1. The first-order chi connectivity index (χ1) is 18.8. The summed E-state index contributed by atoms with van der Waals surface area (Å²) in [5, 5.41) is 17.5. The van der Waals surface area contributed by atoms with Crippen molar-refractivity contribution in [2.45, 2.75) is 72.1 Å². The van der Waals surface area contributed by atoms with Crippen molar-refractivity contribution in [2.75, 3.05) is 11.9 Å². The number of ether oxygens (including phenoxy) is 1. The lowest BCUT2D eigenvalue weighted by molar-refractivity contribution is -0.140. The van der Waals surface area contributed by atoms with Crippen LogP contribution in [-0.4, -0.2) is 46.1 Å². The molecule has 3 aromatic rings. The van der Waals surface area contributed by atoms with Gasteiger partial charge in [-0.25, -0.2) is 4.79 Å². The number of fused-ring (bicyclic) bond motifs is 1. The summed E-state index contributed by atoms with van der Waals surface area (Å²) < 4.78 is 5.30. The zero-order chi connectivity index (χ0) is 29.4. The molecule has 8 heteroatoms. The van der Waals surface area contributed by atoms with Crippen LogP contribution in [0.25, 0.3) is 10.8 Å². The number of benzene rings is 3. The molecule has 40 heavy (non-hydrogen) atoms. The van der Waals surface area contributed by atoms with Gasteiger partial charge >= 0.3 is 6.09 Å². The van der Waals surface area contributed by atoms with Gasteiger partial charge < -0.3 is 25.4 Å². The molecule has 3 rings (SSSR count). The van der Waals surface area contributed by atoms with Crippen LogP contribution in [0.2, 0.25) is 0 Å². The second kappa shape index (κ2) is 13.3. The van der Waals surface area contributed by atoms with Crippen molar-refractivity contribution in [2.24, 2.45) is 5.92 Å². The molecule has 0 aliphatic heterocycles. The van der Waals surface area contributed by atoms with Crippen LogP contribution in [0, 0.1) is 5.92 Å². The van der Waals surface area contributed by atoms with Crippen molar-refractivity contribution in [3.05, 3.63) is 72.3 Å². The highest BCUT2D eigenvalue weighted by Crippen LogP contribution is 2.29. The number of rotatable bonds is 10. The maximum Gasteiger partial charge on any atom is 0.408 e. The second-order valence-electron chi connectivity index (χ2n) is 11.5. The highest BCUT2D eigenvalue weighted by atomic mass is 16.6. The molecule has 0 radical (unpaired) electrons. The number of nitrogens with one attached hydrogen (secondary N) is 2. The van der Waals surface area contributed by atoms with E-state index in [1.54, 1.807) is 32.9 Å². The highest BCUT2D eigenvalue weighted by Gasteiger charge is 2.35. The quantitative estimate of drug-likeness (QED) is 0.272. The van der Waals surface area contributed by atoms with Crippen LogP contribution in [0.3, 0.4) is 0 Å². The third kappa shape index (κ3) is 8.73. The lowest BCUT2D eigenvalue weighted by Crippen LogP contribution is -2.50. The Morgan fingerprint density at radius 3 is 2.17 bits per heavy atom. The first kappa shape index (κ1) is 30.5. The minimum atomic E-state index is -1.01. The molecular formula is C32H41N3O5. The molecule has 0 fully saturated rings. The fourth-order valence-corrected chi connectivity index (χ4v) is 4.48. The van der Waals surface area contributed by atoms with Gasteiger partial charge in [0.25, 0.3) is 5.91 Å². The summed E-state index contributed by atoms with van der Waals surface area (Å²) >= 11 is 0. The third-order valence-electron chi connectivity index (χ3n) is 6.46. The fraction of sp³-hybridized carbons (Fsp3) is 0.406. The molecular weight excluding hydrogens is 506 g/mol. The van der Waals surface area contributed by atoms with Crippen LogP contribution >= 0.6 is 0 Å². The summed E-state index contributed by atoms with van der Waals surface area (Å²) in [6, 6.07) is 18.4. The van der Waals surface area contributed by atoms with E-state index in [4.69, 9.17) is 4.74 Å². The van der Waals surface area contributed by atoms with Gasteiger partial charge in [0.1, 0.15) is 23.9 Å².